The van der Waals surface area contributed by atoms with Crippen molar-refractivity contribution in [2.24, 2.45) is 5.92 Å². The first-order chi connectivity index (χ1) is 11.2. The maximum atomic E-state index is 11.8. The Bertz CT molecular complexity index is 498. The van der Waals surface area contributed by atoms with Gasteiger partial charge in [0.05, 0.1) is 6.10 Å². The lowest BCUT2D eigenvalue weighted by atomic mass is 10.0. The van der Waals surface area contributed by atoms with Crippen LogP contribution in [0.1, 0.15) is 48.9 Å². The van der Waals surface area contributed by atoms with E-state index in [0.29, 0.717) is 37.4 Å². The van der Waals surface area contributed by atoms with Crippen LogP contribution in [0.3, 0.4) is 0 Å². The lowest BCUT2D eigenvalue weighted by Crippen LogP contribution is -2.36. The number of nitrogens with one attached hydrogen (secondary N) is 2. The number of hydrogen-bond donors (Lipinski definition) is 3. The van der Waals surface area contributed by atoms with Gasteiger partial charge in [0.2, 0.25) is 5.91 Å². The third-order valence-corrected chi connectivity index (χ3v) is 4.35. The van der Waals surface area contributed by atoms with Gasteiger partial charge < -0.3 is 15.7 Å². The first-order valence-corrected chi connectivity index (χ1v) is 8.45. The molecule has 23 heavy (non-hydrogen) atoms. The maximum absolute atomic E-state index is 11.8. The van der Waals surface area contributed by atoms with Gasteiger partial charge in [0.15, 0.2) is 0 Å². The Labute approximate surface area is 137 Å². The van der Waals surface area contributed by atoms with Crippen LogP contribution < -0.4 is 10.6 Å². The summed E-state index contributed by atoms with van der Waals surface area (Å²) in [7, 11) is 0. The van der Waals surface area contributed by atoms with E-state index >= 15 is 0 Å². The zero-order valence-corrected chi connectivity index (χ0v) is 13.5. The highest BCUT2D eigenvalue weighted by Gasteiger charge is 2.23. The molecule has 0 heterocycles. The number of carbonyl (C=O) groups excluding carboxylic acids is 2. The predicted molar refractivity (Wildman–Crippen MR) is 89.0 cm³/mol. The molecule has 1 fully saturated rings. The van der Waals surface area contributed by atoms with Gasteiger partial charge in [-0.05, 0) is 37.3 Å². The van der Waals surface area contributed by atoms with E-state index in [0.717, 1.165) is 12.8 Å². The van der Waals surface area contributed by atoms with E-state index in [4.69, 9.17) is 0 Å². The molecule has 5 heteroatoms. The van der Waals surface area contributed by atoms with Gasteiger partial charge in [0, 0.05) is 25.1 Å². The van der Waals surface area contributed by atoms with Crippen LogP contribution in [0.25, 0.3) is 0 Å². The van der Waals surface area contributed by atoms with E-state index in [1.54, 1.807) is 12.1 Å². The van der Waals surface area contributed by atoms with Crippen molar-refractivity contribution >= 4 is 11.8 Å². The average Bonchev–Trinajstić information content (AvgIpc) is 3.12. The molecule has 1 saturated carbocycles. The summed E-state index contributed by atoms with van der Waals surface area (Å²) in [6.45, 7) is 0.798. The van der Waals surface area contributed by atoms with E-state index in [1.807, 2.05) is 18.2 Å². The lowest BCUT2D eigenvalue weighted by Gasteiger charge is -2.18. The third kappa shape index (κ3) is 6.02. The number of amides is 2. The molecule has 1 aromatic rings. The summed E-state index contributed by atoms with van der Waals surface area (Å²) in [5.41, 5.74) is 0.622. The van der Waals surface area contributed by atoms with Gasteiger partial charge in [-0.1, -0.05) is 31.0 Å². The fraction of sp³-hybridized carbons (Fsp3) is 0.556. The molecule has 0 saturated heterocycles. The van der Waals surface area contributed by atoms with Crippen LogP contribution in [0.4, 0.5) is 0 Å². The number of rotatable bonds is 8. The Morgan fingerprint density at radius 3 is 2.52 bits per heavy atom. The Balaban J connectivity index is 1.55. The molecule has 0 aromatic heterocycles. The third-order valence-electron chi connectivity index (χ3n) is 4.35. The Kier molecular flexibility index (Phi) is 7.07. The van der Waals surface area contributed by atoms with Gasteiger partial charge in [0.1, 0.15) is 0 Å². The van der Waals surface area contributed by atoms with Crippen molar-refractivity contribution in [2.75, 3.05) is 13.1 Å². The van der Waals surface area contributed by atoms with E-state index in [1.165, 1.54) is 12.8 Å². The molecule has 1 aliphatic rings. The molecule has 1 atom stereocenters. The van der Waals surface area contributed by atoms with Crippen LogP contribution in [-0.4, -0.2) is 36.1 Å². The molecule has 126 valence electrons. The highest BCUT2D eigenvalue weighted by atomic mass is 16.3. The van der Waals surface area contributed by atoms with Crippen molar-refractivity contribution < 1.29 is 14.7 Å². The van der Waals surface area contributed by atoms with Crippen molar-refractivity contribution in [2.45, 2.75) is 44.6 Å². The monoisotopic (exact) mass is 318 g/mol. The number of aliphatic hydroxyl groups is 1. The van der Waals surface area contributed by atoms with Crippen molar-refractivity contribution in [1.29, 1.82) is 0 Å². The van der Waals surface area contributed by atoms with Gasteiger partial charge >= 0.3 is 0 Å². The minimum absolute atomic E-state index is 0.0731. The topological polar surface area (TPSA) is 78.4 Å². The largest absolute Gasteiger partial charge is 0.391 e. The standard InChI is InChI=1S/C18H26N2O3/c21-16(14-7-4-5-8-14)13-20-17(22)11-6-12-19-18(23)15-9-2-1-3-10-15/h1-3,9-10,14,16,21H,4-8,11-13H2,(H,19,23)(H,20,22). The van der Waals surface area contributed by atoms with E-state index in [-0.39, 0.29) is 11.8 Å². The Morgan fingerprint density at radius 2 is 1.83 bits per heavy atom. The summed E-state index contributed by atoms with van der Waals surface area (Å²) in [5.74, 6) is 0.138. The summed E-state index contributed by atoms with van der Waals surface area (Å²) in [6, 6.07) is 9.01. The molecular weight excluding hydrogens is 292 g/mol. The highest BCUT2D eigenvalue weighted by molar-refractivity contribution is 5.94. The molecule has 1 unspecified atom stereocenters. The SMILES string of the molecule is O=C(CCCNC(=O)c1ccccc1)NCC(O)C1CCCC1. The summed E-state index contributed by atoms with van der Waals surface area (Å²) < 4.78 is 0. The molecule has 0 radical (unpaired) electrons. The lowest BCUT2D eigenvalue weighted by molar-refractivity contribution is -0.121. The van der Waals surface area contributed by atoms with Crippen molar-refractivity contribution in [3.8, 4) is 0 Å². The van der Waals surface area contributed by atoms with Crippen molar-refractivity contribution in [3.63, 3.8) is 0 Å². The molecule has 1 aliphatic carbocycles. The second kappa shape index (κ2) is 9.30. The van der Waals surface area contributed by atoms with Gasteiger partial charge in [-0.15, -0.1) is 0 Å². The minimum atomic E-state index is -0.431. The van der Waals surface area contributed by atoms with Crippen LogP contribution in [0.5, 0.6) is 0 Å². The second-order valence-electron chi connectivity index (χ2n) is 6.14. The van der Waals surface area contributed by atoms with Gasteiger partial charge in [-0.2, -0.15) is 0 Å². The molecule has 0 spiro atoms. The molecule has 1 aromatic carbocycles. The number of carbonyl (C=O) groups is 2. The summed E-state index contributed by atoms with van der Waals surface area (Å²) in [5, 5.41) is 15.6. The first-order valence-electron chi connectivity index (χ1n) is 8.45. The van der Waals surface area contributed by atoms with Crippen LogP contribution in [-0.2, 0) is 4.79 Å². The summed E-state index contributed by atoms with van der Waals surface area (Å²) >= 11 is 0. The second-order valence-corrected chi connectivity index (χ2v) is 6.14. The Hall–Kier alpha value is -1.88. The minimum Gasteiger partial charge on any atom is -0.391 e. The molecule has 0 bridgehead atoms. The normalized spacial score (nSPS) is 16.0. The summed E-state index contributed by atoms with van der Waals surface area (Å²) in [4.78, 5) is 23.5. The molecule has 0 aliphatic heterocycles. The van der Waals surface area contributed by atoms with Gasteiger partial charge in [0.25, 0.3) is 5.91 Å². The molecule has 2 amide bonds. The van der Waals surface area contributed by atoms with Crippen LogP contribution >= 0.6 is 0 Å². The van der Waals surface area contributed by atoms with E-state index in [2.05, 4.69) is 10.6 Å². The van der Waals surface area contributed by atoms with Crippen LogP contribution in [0, 0.1) is 5.92 Å². The quantitative estimate of drug-likeness (QED) is 0.640. The van der Waals surface area contributed by atoms with E-state index < -0.39 is 6.10 Å². The maximum Gasteiger partial charge on any atom is 0.251 e. The van der Waals surface area contributed by atoms with Crippen LogP contribution in [0.2, 0.25) is 0 Å². The molecule has 5 nitrogen and oxygen atoms in total. The smallest absolute Gasteiger partial charge is 0.251 e. The molecule has 3 N–H and O–H groups in total. The van der Waals surface area contributed by atoms with Crippen LogP contribution in [0.15, 0.2) is 30.3 Å². The molecular formula is C18H26N2O3. The fourth-order valence-corrected chi connectivity index (χ4v) is 2.96. The predicted octanol–water partition coefficient (Wildman–Crippen LogP) is 1.86. The highest BCUT2D eigenvalue weighted by Crippen LogP contribution is 2.27. The van der Waals surface area contributed by atoms with Gasteiger partial charge in [-0.25, -0.2) is 0 Å². The number of aliphatic hydroxyl groups excluding tert-OH is 1. The number of hydrogen-bond acceptors (Lipinski definition) is 3. The zero-order valence-electron chi connectivity index (χ0n) is 13.5. The first kappa shape index (κ1) is 17.5. The summed E-state index contributed by atoms with van der Waals surface area (Å²) in [6.07, 6.45) is 4.98. The van der Waals surface area contributed by atoms with Crippen molar-refractivity contribution in [1.82, 2.24) is 10.6 Å². The fourth-order valence-electron chi connectivity index (χ4n) is 2.96. The average molecular weight is 318 g/mol. The molecule has 2 rings (SSSR count). The van der Waals surface area contributed by atoms with E-state index in [9.17, 15) is 14.7 Å². The Morgan fingerprint density at radius 1 is 1.13 bits per heavy atom. The number of benzene rings is 1. The van der Waals surface area contributed by atoms with Crippen molar-refractivity contribution in [3.05, 3.63) is 35.9 Å². The van der Waals surface area contributed by atoms with Gasteiger partial charge in [-0.3, -0.25) is 9.59 Å². The zero-order chi connectivity index (χ0) is 16.5.